The van der Waals surface area contributed by atoms with Gasteiger partial charge in [0.2, 0.25) is 5.91 Å². The van der Waals surface area contributed by atoms with E-state index in [1.807, 2.05) is 12.1 Å². The Morgan fingerprint density at radius 1 is 1.25 bits per heavy atom. The Bertz CT molecular complexity index is 475. The quantitative estimate of drug-likeness (QED) is 0.881. The van der Waals surface area contributed by atoms with Gasteiger partial charge < -0.3 is 15.6 Å². The van der Waals surface area contributed by atoms with Gasteiger partial charge in [-0.2, -0.15) is 0 Å². The summed E-state index contributed by atoms with van der Waals surface area (Å²) in [4.78, 5) is 20.9. The molecule has 2 rings (SSSR count). The zero-order valence-electron chi connectivity index (χ0n) is 12.1. The SMILES string of the molecule is CC(C)C(N)=O.COc1ccc(C2(C(=O)O)CC2)cc1. The highest BCUT2D eigenvalue weighted by Gasteiger charge is 2.51. The minimum atomic E-state index is -0.720. The molecule has 1 aliphatic rings. The summed E-state index contributed by atoms with van der Waals surface area (Å²) in [5.41, 5.74) is 5.07. The van der Waals surface area contributed by atoms with E-state index >= 15 is 0 Å². The highest BCUT2D eigenvalue weighted by Crippen LogP contribution is 2.48. The Kier molecular flexibility index (Phi) is 5.13. The van der Waals surface area contributed by atoms with Crippen molar-refractivity contribution in [2.24, 2.45) is 11.7 Å². The maximum absolute atomic E-state index is 11.0. The molecule has 1 aliphatic carbocycles. The van der Waals surface area contributed by atoms with E-state index in [4.69, 9.17) is 15.6 Å². The van der Waals surface area contributed by atoms with Crippen molar-refractivity contribution in [3.8, 4) is 5.75 Å². The molecule has 0 radical (unpaired) electrons. The second kappa shape index (κ2) is 6.41. The fraction of sp³-hybridized carbons (Fsp3) is 0.467. The smallest absolute Gasteiger partial charge is 0.314 e. The van der Waals surface area contributed by atoms with Crippen molar-refractivity contribution in [2.45, 2.75) is 32.1 Å². The van der Waals surface area contributed by atoms with Gasteiger partial charge in [-0.3, -0.25) is 9.59 Å². The van der Waals surface area contributed by atoms with E-state index in [0.717, 1.165) is 24.2 Å². The van der Waals surface area contributed by atoms with Gasteiger partial charge in [0.05, 0.1) is 12.5 Å². The number of carboxylic acid groups (broad SMARTS) is 1. The maximum atomic E-state index is 11.0. The summed E-state index contributed by atoms with van der Waals surface area (Å²) in [6, 6.07) is 7.27. The van der Waals surface area contributed by atoms with E-state index in [1.54, 1.807) is 33.1 Å². The molecule has 20 heavy (non-hydrogen) atoms. The average Bonchev–Trinajstić information content (AvgIpc) is 3.21. The van der Waals surface area contributed by atoms with Crippen molar-refractivity contribution in [1.29, 1.82) is 0 Å². The monoisotopic (exact) mass is 279 g/mol. The van der Waals surface area contributed by atoms with E-state index < -0.39 is 11.4 Å². The number of amides is 1. The largest absolute Gasteiger partial charge is 0.497 e. The Balaban J connectivity index is 0.000000286. The molecule has 0 bridgehead atoms. The van der Waals surface area contributed by atoms with Crippen molar-refractivity contribution in [1.82, 2.24) is 0 Å². The molecule has 0 aliphatic heterocycles. The number of primary amides is 1. The van der Waals surface area contributed by atoms with Gasteiger partial charge in [-0.25, -0.2) is 0 Å². The van der Waals surface area contributed by atoms with Crippen LogP contribution in [0, 0.1) is 5.92 Å². The standard InChI is InChI=1S/C11H12O3.C4H9NO/c1-14-9-4-2-8(3-5-9)11(6-7-11)10(12)13;1-3(2)4(5)6/h2-5H,6-7H2,1H3,(H,12,13);3H,1-2H3,(H2,5,6). The molecule has 1 aromatic rings. The number of ether oxygens (including phenoxy) is 1. The van der Waals surface area contributed by atoms with Crippen LogP contribution < -0.4 is 10.5 Å². The normalized spacial score (nSPS) is 15.0. The molecule has 3 N–H and O–H groups in total. The molecule has 0 heterocycles. The zero-order valence-corrected chi connectivity index (χ0v) is 12.1. The number of rotatable bonds is 4. The average molecular weight is 279 g/mol. The van der Waals surface area contributed by atoms with Gasteiger partial charge in [0.25, 0.3) is 0 Å². The predicted molar refractivity (Wildman–Crippen MR) is 75.6 cm³/mol. The molecular weight excluding hydrogens is 258 g/mol. The van der Waals surface area contributed by atoms with Gasteiger partial charge >= 0.3 is 5.97 Å². The molecule has 0 unspecified atom stereocenters. The Morgan fingerprint density at radius 2 is 1.70 bits per heavy atom. The number of carboxylic acids is 1. The number of carbonyl (C=O) groups excluding carboxylic acids is 1. The van der Waals surface area contributed by atoms with Crippen LogP contribution in [-0.4, -0.2) is 24.1 Å². The van der Waals surface area contributed by atoms with Gasteiger partial charge in [-0.15, -0.1) is 0 Å². The minimum absolute atomic E-state index is 0.00926. The van der Waals surface area contributed by atoms with E-state index in [-0.39, 0.29) is 11.8 Å². The summed E-state index contributed by atoms with van der Waals surface area (Å²) in [7, 11) is 1.60. The molecule has 5 nitrogen and oxygen atoms in total. The second-order valence-corrected chi connectivity index (χ2v) is 5.17. The summed E-state index contributed by atoms with van der Waals surface area (Å²) in [5, 5.41) is 9.05. The van der Waals surface area contributed by atoms with E-state index in [9.17, 15) is 9.59 Å². The van der Waals surface area contributed by atoms with Crippen LogP contribution in [0.1, 0.15) is 32.3 Å². The number of nitrogens with two attached hydrogens (primary N) is 1. The van der Waals surface area contributed by atoms with Crippen LogP contribution in [0.5, 0.6) is 5.75 Å². The lowest BCUT2D eigenvalue weighted by Crippen LogP contribution is -2.19. The molecule has 0 aromatic heterocycles. The van der Waals surface area contributed by atoms with Crippen LogP contribution in [0.3, 0.4) is 0 Å². The lowest BCUT2D eigenvalue weighted by Gasteiger charge is -2.10. The summed E-state index contributed by atoms with van der Waals surface area (Å²) in [6.45, 7) is 3.53. The number of benzene rings is 1. The van der Waals surface area contributed by atoms with Crippen LogP contribution in [0.15, 0.2) is 24.3 Å². The van der Waals surface area contributed by atoms with Crippen molar-refractivity contribution in [3.63, 3.8) is 0 Å². The van der Waals surface area contributed by atoms with Gasteiger partial charge in [0.1, 0.15) is 5.75 Å². The summed E-state index contributed by atoms with van der Waals surface area (Å²) in [5.74, 6) is -0.211. The van der Waals surface area contributed by atoms with Gasteiger partial charge in [0.15, 0.2) is 0 Å². The minimum Gasteiger partial charge on any atom is -0.497 e. The Hall–Kier alpha value is -2.04. The molecule has 0 saturated heterocycles. The molecular formula is C15H21NO4. The lowest BCUT2D eigenvalue weighted by atomic mass is 9.96. The van der Waals surface area contributed by atoms with Gasteiger partial charge in [0, 0.05) is 5.92 Å². The third-order valence-electron chi connectivity index (χ3n) is 3.37. The fourth-order valence-electron chi connectivity index (χ4n) is 1.66. The molecule has 1 fully saturated rings. The van der Waals surface area contributed by atoms with Crippen LogP contribution in [0.2, 0.25) is 0 Å². The number of aliphatic carboxylic acids is 1. The van der Waals surface area contributed by atoms with Crippen LogP contribution in [0.4, 0.5) is 0 Å². The summed E-state index contributed by atoms with van der Waals surface area (Å²) < 4.78 is 5.02. The molecule has 0 atom stereocenters. The first-order chi connectivity index (χ1) is 9.33. The third kappa shape index (κ3) is 3.73. The second-order valence-electron chi connectivity index (χ2n) is 5.17. The van der Waals surface area contributed by atoms with E-state index in [1.165, 1.54) is 0 Å². The number of hydrogen-bond acceptors (Lipinski definition) is 3. The summed E-state index contributed by atoms with van der Waals surface area (Å²) in [6.07, 6.45) is 1.49. The predicted octanol–water partition coefficient (Wildman–Crippen LogP) is 1.94. The summed E-state index contributed by atoms with van der Waals surface area (Å²) >= 11 is 0. The Morgan fingerprint density at radius 3 is 1.95 bits per heavy atom. The van der Waals surface area contributed by atoms with Gasteiger partial charge in [-0.05, 0) is 30.5 Å². The molecule has 1 amide bonds. The van der Waals surface area contributed by atoms with Crippen molar-refractivity contribution < 1.29 is 19.4 Å². The van der Waals surface area contributed by atoms with E-state index in [0.29, 0.717) is 0 Å². The molecule has 1 saturated carbocycles. The topological polar surface area (TPSA) is 89.6 Å². The van der Waals surface area contributed by atoms with Crippen LogP contribution in [-0.2, 0) is 15.0 Å². The molecule has 5 heteroatoms. The van der Waals surface area contributed by atoms with Crippen LogP contribution >= 0.6 is 0 Å². The van der Waals surface area contributed by atoms with Gasteiger partial charge in [-0.1, -0.05) is 26.0 Å². The van der Waals surface area contributed by atoms with Crippen molar-refractivity contribution in [3.05, 3.63) is 29.8 Å². The highest BCUT2D eigenvalue weighted by molar-refractivity contribution is 5.84. The third-order valence-corrected chi connectivity index (χ3v) is 3.37. The first kappa shape index (κ1) is 16.0. The number of hydrogen-bond donors (Lipinski definition) is 2. The molecule has 0 spiro atoms. The lowest BCUT2D eigenvalue weighted by molar-refractivity contribution is -0.140. The first-order valence-electron chi connectivity index (χ1n) is 6.50. The van der Waals surface area contributed by atoms with Crippen LogP contribution in [0.25, 0.3) is 0 Å². The fourth-order valence-corrected chi connectivity index (χ4v) is 1.66. The maximum Gasteiger partial charge on any atom is 0.314 e. The number of methoxy groups -OCH3 is 1. The van der Waals surface area contributed by atoms with Crippen molar-refractivity contribution >= 4 is 11.9 Å². The Labute approximate surface area is 118 Å². The highest BCUT2D eigenvalue weighted by atomic mass is 16.5. The van der Waals surface area contributed by atoms with E-state index in [2.05, 4.69) is 0 Å². The molecule has 1 aromatic carbocycles. The zero-order chi connectivity index (χ0) is 15.3. The molecule has 110 valence electrons. The number of carbonyl (C=O) groups is 2. The first-order valence-corrected chi connectivity index (χ1v) is 6.50. The van der Waals surface area contributed by atoms with Crippen molar-refractivity contribution in [2.75, 3.05) is 7.11 Å².